The highest BCUT2D eigenvalue weighted by atomic mass is 16.3. The van der Waals surface area contributed by atoms with E-state index in [0.717, 1.165) is 43.7 Å². The van der Waals surface area contributed by atoms with Crippen LogP contribution in [0, 0.1) is 0 Å². The topological polar surface area (TPSA) is 63.3 Å². The zero-order valence-electron chi connectivity index (χ0n) is 17.3. The van der Waals surface area contributed by atoms with Crippen LogP contribution in [0.25, 0.3) is 11.8 Å². The molecular weight excluding hydrogens is 376 g/mol. The Morgan fingerprint density at radius 3 is 2.47 bits per heavy atom. The van der Waals surface area contributed by atoms with Crippen LogP contribution in [-0.2, 0) is 6.61 Å². The van der Waals surface area contributed by atoms with Crippen LogP contribution in [0.2, 0.25) is 0 Å². The molecule has 1 saturated heterocycles. The lowest BCUT2D eigenvalue weighted by molar-refractivity contribution is 0.197. The van der Waals surface area contributed by atoms with Gasteiger partial charge < -0.3 is 5.11 Å². The highest BCUT2D eigenvalue weighted by molar-refractivity contribution is 5.52. The monoisotopic (exact) mass is 404 g/mol. The molecular formula is C24H28N4O2. The summed E-state index contributed by atoms with van der Waals surface area (Å²) in [5, 5.41) is 13.5. The van der Waals surface area contributed by atoms with E-state index in [0.29, 0.717) is 0 Å². The van der Waals surface area contributed by atoms with Gasteiger partial charge in [0.05, 0.1) is 12.3 Å². The summed E-state index contributed by atoms with van der Waals surface area (Å²) >= 11 is 0. The Bertz CT molecular complexity index is 1040. The molecule has 1 aliphatic heterocycles. The van der Waals surface area contributed by atoms with Crippen LogP contribution in [0.3, 0.4) is 0 Å². The van der Waals surface area contributed by atoms with E-state index in [1.54, 1.807) is 10.9 Å². The molecule has 0 radical (unpaired) electrons. The lowest BCUT2D eigenvalue weighted by atomic mass is 10.0. The standard InChI is InChI=1S/C24H28N4O2/c1-19(15-20-5-3-2-4-6-20)16-26-13-11-22(12-14-26)27-18-25-28(24(27)30)23-9-7-21(17-29)8-10-23/h2-10,15,18,22,29H,11-14,16-17H2,1H3/b19-15+. The van der Waals surface area contributed by atoms with Crippen molar-refractivity contribution in [1.29, 1.82) is 0 Å². The van der Waals surface area contributed by atoms with E-state index in [1.807, 2.05) is 30.3 Å². The van der Waals surface area contributed by atoms with Gasteiger partial charge in [0.2, 0.25) is 0 Å². The number of likely N-dealkylation sites (tertiary alicyclic amines) is 1. The number of aliphatic hydroxyl groups excluding tert-OH is 1. The molecule has 6 heteroatoms. The van der Waals surface area contributed by atoms with Crippen LogP contribution < -0.4 is 5.69 Å². The smallest absolute Gasteiger partial charge is 0.350 e. The summed E-state index contributed by atoms with van der Waals surface area (Å²) in [6.45, 7) is 5.05. The molecule has 1 aromatic heterocycles. The molecule has 2 heterocycles. The summed E-state index contributed by atoms with van der Waals surface area (Å²) in [7, 11) is 0. The Hall–Kier alpha value is -2.96. The summed E-state index contributed by atoms with van der Waals surface area (Å²) in [5.41, 5.74) is 4.00. The maximum absolute atomic E-state index is 12.9. The number of piperidine rings is 1. The molecule has 0 spiro atoms. The van der Waals surface area contributed by atoms with Gasteiger partial charge in [-0.05, 0) is 43.0 Å². The average molecular weight is 405 g/mol. The number of nitrogens with zero attached hydrogens (tertiary/aromatic N) is 4. The minimum absolute atomic E-state index is 0.0117. The van der Waals surface area contributed by atoms with Crippen molar-refractivity contribution in [3.05, 3.63) is 88.1 Å². The van der Waals surface area contributed by atoms with E-state index >= 15 is 0 Å². The van der Waals surface area contributed by atoms with Crippen LogP contribution >= 0.6 is 0 Å². The van der Waals surface area contributed by atoms with Crippen molar-refractivity contribution in [2.24, 2.45) is 0 Å². The highest BCUT2D eigenvalue weighted by Crippen LogP contribution is 2.22. The molecule has 0 unspecified atom stereocenters. The normalized spacial score (nSPS) is 16.1. The fraction of sp³-hybridized carbons (Fsp3) is 0.333. The molecule has 0 saturated carbocycles. The minimum Gasteiger partial charge on any atom is -0.392 e. The molecule has 1 fully saturated rings. The van der Waals surface area contributed by atoms with Crippen molar-refractivity contribution in [1.82, 2.24) is 19.2 Å². The number of aromatic nitrogens is 3. The molecule has 0 bridgehead atoms. The first kappa shape index (κ1) is 20.3. The third-order valence-electron chi connectivity index (χ3n) is 5.69. The second-order valence-electron chi connectivity index (χ2n) is 7.97. The Morgan fingerprint density at radius 1 is 1.10 bits per heavy atom. The summed E-state index contributed by atoms with van der Waals surface area (Å²) in [6, 6.07) is 17.8. The van der Waals surface area contributed by atoms with Gasteiger partial charge in [-0.15, -0.1) is 0 Å². The van der Waals surface area contributed by atoms with E-state index in [1.165, 1.54) is 15.8 Å². The van der Waals surface area contributed by atoms with Crippen molar-refractivity contribution in [3.8, 4) is 5.69 Å². The van der Waals surface area contributed by atoms with Gasteiger partial charge in [-0.2, -0.15) is 9.78 Å². The predicted octanol–water partition coefficient (Wildman–Crippen LogP) is 3.27. The lowest BCUT2D eigenvalue weighted by Gasteiger charge is -2.32. The van der Waals surface area contributed by atoms with Gasteiger partial charge in [0.15, 0.2) is 0 Å². The largest absolute Gasteiger partial charge is 0.392 e. The van der Waals surface area contributed by atoms with Crippen molar-refractivity contribution in [3.63, 3.8) is 0 Å². The predicted molar refractivity (Wildman–Crippen MR) is 119 cm³/mol. The molecule has 0 atom stereocenters. The van der Waals surface area contributed by atoms with Crippen molar-refractivity contribution >= 4 is 6.08 Å². The molecule has 6 nitrogen and oxygen atoms in total. The molecule has 4 rings (SSSR count). The Labute approximate surface area is 176 Å². The zero-order valence-corrected chi connectivity index (χ0v) is 17.3. The van der Waals surface area contributed by atoms with Crippen LogP contribution in [0.4, 0.5) is 0 Å². The Kier molecular flexibility index (Phi) is 6.26. The van der Waals surface area contributed by atoms with E-state index in [2.05, 4.69) is 47.3 Å². The third kappa shape index (κ3) is 4.61. The quantitative estimate of drug-likeness (QED) is 0.685. The van der Waals surface area contributed by atoms with Crippen LogP contribution in [0.5, 0.6) is 0 Å². The Morgan fingerprint density at radius 2 is 1.80 bits per heavy atom. The van der Waals surface area contributed by atoms with Gasteiger partial charge in [-0.25, -0.2) is 4.79 Å². The van der Waals surface area contributed by atoms with Gasteiger partial charge in [-0.1, -0.05) is 54.1 Å². The molecule has 1 aliphatic rings. The maximum Gasteiger partial charge on any atom is 0.350 e. The van der Waals surface area contributed by atoms with Crippen LogP contribution in [0.1, 0.15) is 36.9 Å². The third-order valence-corrected chi connectivity index (χ3v) is 5.69. The minimum atomic E-state index is -0.106. The molecule has 0 amide bonds. The molecule has 3 aromatic rings. The first-order valence-corrected chi connectivity index (χ1v) is 10.4. The SMILES string of the molecule is C/C(=C\c1ccccc1)CN1CCC(n2cnn(-c3ccc(CO)cc3)c2=O)CC1. The second-order valence-corrected chi connectivity index (χ2v) is 7.97. The van der Waals surface area contributed by atoms with Crippen LogP contribution in [0.15, 0.2) is 71.3 Å². The van der Waals surface area contributed by atoms with Gasteiger partial charge in [-0.3, -0.25) is 9.47 Å². The van der Waals surface area contributed by atoms with E-state index in [9.17, 15) is 9.90 Å². The van der Waals surface area contributed by atoms with Crippen LogP contribution in [-0.4, -0.2) is 44.0 Å². The van der Waals surface area contributed by atoms with Gasteiger partial charge in [0.1, 0.15) is 6.33 Å². The zero-order chi connectivity index (χ0) is 20.9. The fourth-order valence-corrected chi connectivity index (χ4v) is 4.07. The second kappa shape index (κ2) is 9.24. The number of hydrogen-bond acceptors (Lipinski definition) is 4. The van der Waals surface area contributed by atoms with E-state index < -0.39 is 0 Å². The molecule has 2 aromatic carbocycles. The maximum atomic E-state index is 12.9. The molecule has 1 N–H and O–H groups in total. The average Bonchev–Trinajstić information content (AvgIpc) is 3.16. The summed E-state index contributed by atoms with van der Waals surface area (Å²) < 4.78 is 3.20. The molecule has 30 heavy (non-hydrogen) atoms. The molecule has 156 valence electrons. The summed E-state index contributed by atoms with van der Waals surface area (Å²) in [4.78, 5) is 15.3. The molecule has 0 aliphatic carbocycles. The number of rotatable bonds is 6. The summed E-state index contributed by atoms with van der Waals surface area (Å²) in [5.74, 6) is 0. The van der Waals surface area contributed by atoms with Gasteiger partial charge >= 0.3 is 5.69 Å². The van der Waals surface area contributed by atoms with Gasteiger partial charge in [0, 0.05) is 25.7 Å². The van der Waals surface area contributed by atoms with E-state index in [-0.39, 0.29) is 18.3 Å². The highest BCUT2D eigenvalue weighted by Gasteiger charge is 2.23. The number of hydrogen-bond donors (Lipinski definition) is 1. The fourth-order valence-electron chi connectivity index (χ4n) is 4.07. The summed E-state index contributed by atoms with van der Waals surface area (Å²) in [6.07, 6.45) is 5.77. The lowest BCUT2D eigenvalue weighted by Crippen LogP contribution is -2.38. The number of aliphatic hydroxyl groups is 1. The van der Waals surface area contributed by atoms with Gasteiger partial charge in [0.25, 0.3) is 0 Å². The van der Waals surface area contributed by atoms with Crippen molar-refractivity contribution in [2.75, 3.05) is 19.6 Å². The Balaban J connectivity index is 1.38. The van der Waals surface area contributed by atoms with Crippen molar-refractivity contribution < 1.29 is 5.11 Å². The first-order valence-electron chi connectivity index (χ1n) is 10.4. The van der Waals surface area contributed by atoms with E-state index in [4.69, 9.17) is 0 Å². The first-order chi connectivity index (χ1) is 14.6. The number of benzene rings is 2. The van der Waals surface area contributed by atoms with Crippen molar-refractivity contribution in [2.45, 2.75) is 32.4 Å².